The van der Waals surface area contributed by atoms with Crippen LogP contribution in [-0.2, 0) is 14.4 Å². The summed E-state index contributed by atoms with van der Waals surface area (Å²) in [6.45, 7) is 7.24. The largest absolute Gasteiger partial charge is 0.480 e. The molecule has 3 N–H and O–H groups in total. The maximum Gasteiger partial charge on any atom is 0.326 e. The van der Waals surface area contributed by atoms with E-state index in [0.717, 1.165) is 36.4 Å². The van der Waals surface area contributed by atoms with Crippen molar-refractivity contribution >= 4 is 34.3 Å². The molecule has 0 spiro atoms. The molecule has 2 atom stereocenters. The normalized spacial score (nSPS) is 18.5. The van der Waals surface area contributed by atoms with Crippen molar-refractivity contribution < 1.29 is 19.5 Å². The lowest BCUT2D eigenvalue weighted by atomic mass is 9.96. The fourth-order valence-corrected chi connectivity index (χ4v) is 4.09. The van der Waals surface area contributed by atoms with E-state index in [1.54, 1.807) is 0 Å². The molecule has 8 nitrogen and oxygen atoms in total. The van der Waals surface area contributed by atoms with E-state index in [4.69, 9.17) is 0 Å². The number of hydrogen-bond acceptors (Lipinski definition) is 6. The highest BCUT2D eigenvalue weighted by atomic mass is 32.1. The molecule has 0 saturated carbocycles. The van der Waals surface area contributed by atoms with Crippen molar-refractivity contribution in [2.24, 2.45) is 5.92 Å². The second kappa shape index (κ2) is 10.5. The number of piperidine rings is 1. The standard InChI is InChI=1S/C19H30N4O4S/c1-4-5-8-15(18(26)27)21-17(25)14-7-6-9-23(10-14)11-16(24)22-19-20-12(2)13(3)28-19/h14-15H,4-11H2,1-3H3,(H,21,25)(H,26,27)(H,20,22,24). The molecule has 0 radical (unpaired) electrons. The van der Waals surface area contributed by atoms with E-state index in [1.165, 1.54) is 11.3 Å². The number of hydrogen-bond donors (Lipinski definition) is 3. The monoisotopic (exact) mass is 410 g/mol. The van der Waals surface area contributed by atoms with Gasteiger partial charge in [-0.3, -0.25) is 14.5 Å². The van der Waals surface area contributed by atoms with Crippen LogP contribution in [0, 0.1) is 19.8 Å². The van der Waals surface area contributed by atoms with Gasteiger partial charge in [0.25, 0.3) is 0 Å². The van der Waals surface area contributed by atoms with Crippen LogP contribution in [0.2, 0.25) is 0 Å². The van der Waals surface area contributed by atoms with Gasteiger partial charge < -0.3 is 15.7 Å². The van der Waals surface area contributed by atoms with E-state index < -0.39 is 12.0 Å². The molecule has 1 saturated heterocycles. The van der Waals surface area contributed by atoms with Crippen molar-refractivity contribution in [1.82, 2.24) is 15.2 Å². The van der Waals surface area contributed by atoms with Gasteiger partial charge in [-0.1, -0.05) is 19.8 Å². The van der Waals surface area contributed by atoms with E-state index in [9.17, 15) is 19.5 Å². The topological polar surface area (TPSA) is 112 Å². The summed E-state index contributed by atoms with van der Waals surface area (Å²) in [5, 5.41) is 15.4. The molecule has 0 aliphatic carbocycles. The Balaban J connectivity index is 1.85. The van der Waals surface area contributed by atoms with Crippen LogP contribution in [0.15, 0.2) is 0 Å². The van der Waals surface area contributed by atoms with Gasteiger partial charge in [0.15, 0.2) is 5.13 Å². The number of unbranched alkanes of at least 4 members (excludes halogenated alkanes) is 1. The van der Waals surface area contributed by atoms with Crippen LogP contribution in [0.25, 0.3) is 0 Å². The van der Waals surface area contributed by atoms with Gasteiger partial charge in [-0.2, -0.15) is 0 Å². The van der Waals surface area contributed by atoms with E-state index in [0.29, 0.717) is 24.5 Å². The third kappa shape index (κ3) is 6.56. The summed E-state index contributed by atoms with van der Waals surface area (Å²) in [5.74, 6) is -1.68. The van der Waals surface area contributed by atoms with Gasteiger partial charge in [-0.25, -0.2) is 9.78 Å². The van der Waals surface area contributed by atoms with Gasteiger partial charge in [-0.15, -0.1) is 11.3 Å². The minimum atomic E-state index is -0.997. The molecule has 156 valence electrons. The average molecular weight is 411 g/mol. The highest BCUT2D eigenvalue weighted by molar-refractivity contribution is 7.15. The number of aromatic nitrogens is 1. The fourth-order valence-electron chi connectivity index (χ4n) is 3.26. The lowest BCUT2D eigenvalue weighted by Gasteiger charge is -2.32. The molecule has 9 heteroatoms. The van der Waals surface area contributed by atoms with E-state index >= 15 is 0 Å². The number of aryl methyl sites for hydroxylation is 2. The molecule has 1 aromatic rings. The summed E-state index contributed by atoms with van der Waals surface area (Å²) in [5.41, 5.74) is 0.908. The Hall–Kier alpha value is -2.00. The quantitative estimate of drug-likeness (QED) is 0.575. The zero-order chi connectivity index (χ0) is 20.7. The lowest BCUT2D eigenvalue weighted by Crippen LogP contribution is -2.49. The van der Waals surface area contributed by atoms with Crippen LogP contribution in [0.5, 0.6) is 0 Å². The predicted molar refractivity (Wildman–Crippen MR) is 108 cm³/mol. The Morgan fingerprint density at radius 3 is 2.71 bits per heavy atom. The van der Waals surface area contributed by atoms with Crippen molar-refractivity contribution in [1.29, 1.82) is 0 Å². The summed E-state index contributed by atoms with van der Waals surface area (Å²) < 4.78 is 0. The number of nitrogens with one attached hydrogen (secondary N) is 2. The second-order valence-electron chi connectivity index (χ2n) is 7.32. The molecular formula is C19H30N4O4S. The first-order valence-corrected chi connectivity index (χ1v) is 10.6. The summed E-state index contributed by atoms with van der Waals surface area (Å²) in [6, 6.07) is -0.845. The molecule has 1 aliphatic rings. The molecule has 28 heavy (non-hydrogen) atoms. The molecule has 0 aromatic carbocycles. The van der Waals surface area contributed by atoms with Crippen LogP contribution in [-0.4, -0.2) is 58.5 Å². The number of amides is 2. The number of nitrogens with zero attached hydrogens (tertiary/aromatic N) is 2. The Kier molecular flexibility index (Phi) is 8.37. The summed E-state index contributed by atoms with van der Waals surface area (Å²) >= 11 is 1.44. The molecule has 1 aromatic heterocycles. The maximum absolute atomic E-state index is 12.5. The van der Waals surface area contributed by atoms with Crippen LogP contribution >= 0.6 is 11.3 Å². The van der Waals surface area contributed by atoms with Gasteiger partial charge in [0.2, 0.25) is 11.8 Å². The molecule has 2 heterocycles. The first-order valence-electron chi connectivity index (χ1n) is 9.79. The van der Waals surface area contributed by atoms with Gasteiger partial charge >= 0.3 is 5.97 Å². The van der Waals surface area contributed by atoms with Crippen molar-refractivity contribution in [3.05, 3.63) is 10.6 Å². The number of rotatable bonds is 9. The smallest absolute Gasteiger partial charge is 0.326 e. The Labute approximate surface area is 169 Å². The van der Waals surface area contributed by atoms with E-state index in [-0.39, 0.29) is 24.3 Å². The third-order valence-electron chi connectivity index (χ3n) is 4.98. The Morgan fingerprint density at radius 1 is 1.36 bits per heavy atom. The van der Waals surface area contributed by atoms with Gasteiger partial charge in [0.05, 0.1) is 18.2 Å². The average Bonchev–Trinajstić information content (AvgIpc) is 2.95. The first kappa shape index (κ1) is 22.3. The fraction of sp³-hybridized carbons (Fsp3) is 0.684. The van der Waals surface area contributed by atoms with Crippen molar-refractivity contribution in [2.45, 2.75) is 58.9 Å². The first-order chi connectivity index (χ1) is 13.3. The lowest BCUT2D eigenvalue weighted by molar-refractivity contribution is -0.143. The number of likely N-dealkylation sites (tertiary alicyclic amines) is 1. The summed E-state index contributed by atoms with van der Waals surface area (Å²) in [6.07, 6.45) is 3.57. The maximum atomic E-state index is 12.5. The van der Waals surface area contributed by atoms with Gasteiger partial charge in [-0.05, 0) is 39.7 Å². The number of carboxylic acids is 1. The van der Waals surface area contributed by atoms with Crippen LogP contribution in [0.1, 0.15) is 49.6 Å². The molecule has 2 unspecified atom stereocenters. The van der Waals surface area contributed by atoms with E-state index in [1.807, 2.05) is 25.7 Å². The van der Waals surface area contributed by atoms with Crippen molar-refractivity contribution in [2.75, 3.05) is 25.0 Å². The number of anilines is 1. The number of carbonyl (C=O) groups excluding carboxylic acids is 2. The van der Waals surface area contributed by atoms with Crippen LogP contribution in [0.3, 0.4) is 0 Å². The van der Waals surface area contributed by atoms with Crippen LogP contribution < -0.4 is 10.6 Å². The van der Waals surface area contributed by atoms with Crippen LogP contribution in [0.4, 0.5) is 5.13 Å². The summed E-state index contributed by atoms with van der Waals surface area (Å²) in [4.78, 5) is 43.5. The SMILES string of the molecule is CCCCC(NC(=O)C1CCCN(CC(=O)Nc2nc(C)c(C)s2)C1)C(=O)O. The third-order valence-corrected chi connectivity index (χ3v) is 5.97. The van der Waals surface area contributed by atoms with Gasteiger partial charge in [0, 0.05) is 11.4 Å². The van der Waals surface area contributed by atoms with Gasteiger partial charge in [0.1, 0.15) is 6.04 Å². The van der Waals surface area contributed by atoms with E-state index in [2.05, 4.69) is 15.6 Å². The Morgan fingerprint density at radius 2 is 2.11 bits per heavy atom. The zero-order valence-electron chi connectivity index (χ0n) is 16.8. The molecule has 0 bridgehead atoms. The number of thiazole rings is 1. The van der Waals surface area contributed by atoms with Crippen molar-refractivity contribution in [3.63, 3.8) is 0 Å². The zero-order valence-corrected chi connectivity index (χ0v) is 17.6. The number of aliphatic carboxylic acids is 1. The molecule has 2 amide bonds. The molecule has 1 aliphatic heterocycles. The second-order valence-corrected chi connectivity index (χ2v) is 8.53. The minimum absolute atomic E-state index is 0.152. The Bertz CT molecular complexity index is 687. The highest BCUT2D eigenvalue weighted by Crippen LogP contribution is 2.21. The summed E-state index contributed by atoms with van der Waals surface area (Å²) in [7, 11) is 0. The molecule has 1 fully saturated rings. The highest BCUT2D eigenvalue weighted by Gasteiger charge is 2.29. The molecular weight excluding hydrogens is 380 g/mol. The van der Waals surface area contributed by atoms with Crippen molar-refractivity contribution in [3.8, 4) is 0 Å². The number of carboxylic acid groups (broad SMARTS) is 1. The number of carbonyl (C=O) groups is 3. The minimum Gasteiger partial charge on any atom is -0.480 e. The molecule has 2 rings (SSSR count). The predicted octanol–water partition coefficient (Wildman–Crippen LogP) is 2.17.